The van der Waals surface area contributed by atoms with E-state index in [0.717, 1.165) is 22.3 Å². The molecule has 0 amide bonds. The Hall–Kier alpha value is -6.09. The molecule has 0 N–H and O–H groups in total. The second-order valence-electron chi connectivity index (χ2n) is 12.7. The lowest BCUT2D eigenvalue weighted by atomic mass is 9.91. The molecule has 0 radical (unpaired) electrons. The van der Waals surface area contributed by atoms with Gasteiger partial charge in [0.25, 0.3) is 0 Å². The highest BCUT2D eigenvalue weighted by Crippen LogP contribution is 2.50. The average molecular weight is 640 g/mol. The predicted octanol–water partition coefficient (Wildman–Crippen LogP) is 13.6. The summed E-state index contributed by atoms with van der Waals surface area (Å²) < 4.78 is 1.22. The number of hydrogen-bond donors (Lipinski definition) is 0. The van der Waals surface area contributed by atoms with Gasteiger partial charge >= 0.3 is 0 Å². The summed E-state index contributed by atoms with van der Waals surface area (Å²) in [6.45, 7) is 0. The predicted molar refractivity (Wildman–Crippen MR) is 211 cm³/mol. The lowest BCUT2D eigenvalue weighted by Crippen LogP contribution is -1.90. The molecule has 0 unspecified atom stereocenters. The van der Waals surface area contributed by atoms with Crippen LogP contribution in [0.4, 0.5) is 0 Å². The quantitative estimate of drug-likeness (QED) is 0.175. The molecule has 49 heavy (non-hydrogen) atoms. The summed E-state index contributed by atoms with van der Waals surface area (Å²) in [6, 6.07) is 63.6. The van der Waals surface area contributed by atoms with Gasteiger partial charge in [-0.15, -0.1) is 11.3 Å². The van der Waals surface area contributed by atoms with Gasteiger partial charge in [0.15, 0.2) is 0 Å². The normalized spacial score (nSPS) is 11.7. The van der Waals surface area contributed by atoms with Crippen LogP contribution in [0, 0.1) is 0 Å². The molecule has 10 aromatic rings. The van der Waals surface area contributed by atoms with Gasteiger partial charge in [-0.25, -0.2) is 4.98 Å². The van der Waals surface area contributed by atoms with Gasteiger partial charge in [-0.05, 0) is 66.7 Å². The molecule has 2 heteroatoms. The van der Waals surface area contributed by atoms with Gasteiger partial charge in [-0.1, -0.05) is 164 Å². The Kier molecular flexibility index (Phi) is 6.43. The van der Waals surface area contributed by atoms with E-state index in [1.807, 2.05) is 11.3 Å². The summed E-state index contributed by atoms with van der Waals surface area (Å²) in [6.07, 6.45) is 0. The van der Waals surface area contributed by atoms with Crippen molar-refractivity contribution < 1.29 is 0 Å². The Bertz CT molecular complexity index is 2820. The monoisotopic (exact) mass is 639 g/mol. The van der Waals surface area contributed by atoms with Crippen molar-refractivity contribution in [1.82, 2.24) is 4.98 Å². The Morgan fingerprint density at radius 3 is 1.43 bits per heavy atom. The number of fused-ring (bicyclic) bond motifs is 9. The van der Waals surface area contributed by atoms with Crippen molar-refractivity contribution in [3.05, 3.63) is 176 Å². The van der Waals surface area contributed by atoms with E-state index >= 15 is 0 Å². The molecule has 0 aliphatic heterocycles. The Morgan fingerprint density at radius 1 is 0.347 bits per heavy atom. The first-order chi connectivity index (χ1) is 24.3. The van der Waals surface area contributed by atoms with Crippen LogP contribution in [-0.2, 0) is 0 Å². The van der Waals surface area contributed by atoms with Crippen molar-refractivity contribution >= 4 is 64.6 Å². The number of hydrogen-bond acceptors (Lipinski definition) is 2. The van der Waals surface area contributed by atoms with E-state index in [1.165, 1.54) is 74.9 Å². The minimum absolute atomic E-state index is 1.00. The van der Waals surface area contributed by atoms with Gasteiger partial charge < -0.3 is 0 Å². The lowest BCUT2D eigenvalue weighted by Gasteiger charge is -2.13. The molecular weight excluding hydrogens is 611 g/mol. The minimum atomic E-state index is 1.00. The molecule has 0 saturated carbocycles. The van der Waals surface area contributed by atoms with E-state index in [-0.39, 0.29) is 0 Å². The van der Waals surface area contributed by atoms with Crippen LogP contribution in [-0.4, -0.2) is 4.98 Å². The zero-order valence-corrected chi connectivity index (χ0v) is 27.4. The maximum atomic E-state index is 5.47. The fourth-order valence-corrected chi connectivity index (χ4v) is 8.95. The van der Waals surface area contributed by atoms with Crippen LogP contribution in [0.5, 0.6) is 0 Å². The van der Waals surface area contributed by atoms with Crippen LogP contribution >= 0.6 is 11.3 Å². The SMILES string of the molecule is c1ccc(-c2sc3c(-c4ccccc4)nc4cc(-c5ccc6c7ccccc7c7ccccc7c6c5)ccc4c3c2-c2ccccc2)cc1. The van der Waals surface area contributed by atoms with Crippen LogP contribution < -0.4 is 0 Å². The number of aromatic nitrogens is 1. The molecule has 0 bridgehead atoms. The first-order valence-electron chi connectivity index (χ1n) is 16.7. The maximum Gasteiger partial charge on any atom is 0.0888 e. The van der Waals surface area contributed by atoms with Gasteiger partial charge in [0, 0.05) is 26.8 Å². The molecule has 0 aliphatic carbocycles. The molecule has 1 nitrogen and oxygen atoms in total. The molecule has 0 atom stereocenters. The summed E-state index contributed by atoms with van der Waals surface area (Å²) in [4.78, 5) is 6.73. The topological polar surface area (TPSA) is 12.9 Å². The van der Waals surface area contributed by atoms with Crippen molar-refractivity contribution in [2.45, 2.75) is 0 Å². The summed E-state index contributed by atoms with van der Waals surface area (Å²) >= 11 is 1.85. The third-order valence-corrected chi connectivity index (χ3v) is 11.1. The summed E-state index contributed by atoms with van der Waals surface area (Å²) in [7, 11) is 0. The first kappa shape index (κ1) is 28.0. The van der Waals surface area contributed by atoms with E-state index < -0.39 is 0 Å². The molecule has 0 fully saturated rings. The molecule has 0 saturated heterocycles. The van der Waals surface area contributed by atoms with E-state index in [4.69, 9.17) is 4.98 Å². The van der Waals surface area contributed by atoms with Crippen LogP contribution in [0.2, 0.25) is 0 Å². The fraction of sp³-hybridized carbons (Fsp3) is 0. The van der Waals surface area contributed by atoms with Gasteiger partial charge in [-0.2, -0.15) is 0 Å². The van der Waals surface area contributed by atoms with E-state index in [1.54, 1.807) is 0 Å². The van der Waals surface area contributed by atoms with Gasteiger partial charge in [0.1, 0.15) is 0 Å². The lowest BCUT2D eigenvalue weighted by molar-refractivity contribution is 1.44. The van der Waals surface area contributed by atoms with Crippen molar-refractivity contribution in [3.8, 4) is 44.0 Å². The van der Waals surface area contributed by atoms with E-state index in [0.29, 0.717) is 0 Å². The standard InChI is InChI=1S/C47H29NS/c1-4-14-30(15-5-1)43-44-40-27-25-34(33-24-26-39-37-22-11-10-20-35(37)36-21-12-13-23-38(36)41(39)28-33)29-42(40)48-45(31-16-6-2-7-17-31)47(44)49-46(43)32-18-8-3-9-19-32/h1-29H. The molecule has 2 aromatic heterocycles. The van der Waals surface area contributed by atoms with Gasteiger partial charge in [0.05, 0.1) is 15.9 Å². The molecule has 0 aliphatic rings. The third-order valence-electron chi connectivity index (χ3n) is 9.85. The molecule has 0 spiro atoms. The first-order valence-corrected chi connectivity index (χ1v) is 17.5. The van der Waals surface area contributed by atoms with Crippen LogP contribution in [0.1, 0.15) is 0 Å². The van der Waals surface area contributed by atoms with Gasteiger partial charge in [0.2, 0.25) is 0 Å². The fourth-order valence-electron chi connectivity index (χ4n) is 7.59. The average Bonchev–Trinajstić information content (AvgIpc) is 3.59. The second-order valence-corrected chi connectivity index (χ2v) is 13.7. The Balaban J connectivity index is 1.27. The highest BCUT2D eigenvalue weighted by molar-refractivity contribution is 7.23. The van der Waals surface area contributed by atoms with Crippen LogP contribution in [0.3, 0.4) is 0 Å². The van der Waals surface area contributed by atoms with E-state index in [2.05, 4.69) is 176 Å². The summed E-state index contributed by atoms with van der Waals surface area (Å²) in [5, 5.41) is 10.2. The maximum absolute atomic E-state index is 5.47. The molecule has 2 heterocycles. The number of benzene rings is 8. The molecular formula is C47H29NS. The number of thiophene rings is 1. The van der Waals surface area contributed by atoms with Crippen LogP contribution in [0.25, 0.3) is 97.3 Å². The molecule has 8 aromatic carbocycles. The highest BCUT2D eigenvalue weighted by Gasteiger charge is 2.22. The van der Waals surface area contributed by atoms with Crippen molar-refractivity contribution in [2.24, 2.45) is 0 Å². The van der Waals surface area contributed by atoms with Crippen LogP contribution in [0.15, 0.2) is 176 Å². The van der Waals surface area contributed by atoms with Crippen molar-refractivity contribution in [2.75, 3.05) is 0 Å². The van der Waals surface area contributed by atoms with E-state index in [9.17, 15) is 0 Å². The molecule has 228 valence electrons. The zero-order chi connectivity index (χ0) is 32.3. The Morgan fingerprint density at radius 2 is 0.816 bits per heavy atom. The second kappa shape index (κ2) is 11.3. The summed E-state index contributed by atoms with van der Waals surface area (Å²) in [5.41, 5.74) is 9.23. The highest BCUT2D eigenvalue weighted by atomic mass is 32.1. The zero-order valence-electron chi connectivity index (χ0n) is 26.6. The van der Waals surface area contributed by atoms with Crippen molar-refractivity contribution in [3.63, 3.8) is 0 Å². The number of pyridine rings is 1. The Labute approximate surface area is 288 Å². The summed E-state index contributed by atoms with van der Waals surface area (Å²) in [5.74, 6) is 0. The largest absolute Gasteiger partial charge is 0.246 e. The number of nitrogens with zero attached hydrogens (tertiary/aromatic N) is 1. The minimum Gasteiger partial charge on any atom is -0.246 e. The third kappa shape index (κ3) is 4.49. The number of rotatable bonds is 4. The molecule has 10 rings (SSSR count). The van der Waals surface area contributed by atoms with Gasteiger partial charge in [-0.3, -0.25) is 0 Å². The van der Waals surface area contributed by atoms with Crippen molar-refractivity contribution in [1.29, 1.82) is 0 Å². The smallest absolute Gasteiger partial charge is 0.0888 e.